The van der Waals surface area contributed by atoms with Crippen LogP contribution in [0.5, 0.6) is 0 Å². The molecule has 1 amide bonds. The van der Waals surface area contributed by atoms with Gasteiger partial charge in [0.1, 0.15) is 0 Å². The van der Waals surface area contributed by atoms with Crippen LogP contribution in [0, 0.1) is 12.8 Å². The highest BCUT2D eigenvalue weighted by atomic mass is 16.1. The maximum atomic E-state index is 12.0. The first-order valence-electron chi connectivity index (χ1n) is 7.99. The molecule has 1 aliphatic rings. The Kier molecular flexibility index (Phi) is 4.27. The Morgan fingerprint density at radius 3 is 2.86 bits per heavy atom. The molecule has 6 nitrogen and oxygen atoms in total. The molecule has 1 N–H and O–H groups in total. The van der Waals surface area contributed by atoms with E-state index in [-0.39, 0.29) is 5.91 Å². The van der Waals surface area contributed by atoms with Gasteiger partial charge in [0, 0.05) is 31.9 Å². The molecule has 0 saturated heterocycles. The van der Waals surface area contributed by atoms with Crippen LogP contribution in [0.4, 0.5) is 5.69 Å². The zero-order valence-corrected chi connectivity index (χ0v) is 13.2. The van der Waals surface area contributed by atoms with Gasteiger partial charge in [-0.1, -0.05) is 0 Å². The van der Waals surface area contributed by atoms with E-state index >= 15 is 0 Å². The van der Waals surface area contributed by atoms with Crippen molar-refractivity contribution < 1.29 is 4.79 Å². The summed E-state index contributed by atoms with van der Waals surface area (Å²) in [7, 11) is 0. The molecule has 1 aliphatic carbocycles. The Morgan fingerprint density at radius 1 is 1.36 bits per heavy atom. The Morgan fingerprint density at radius 2 is 2.18 bits per heavy atom. The third kappa shape index (κ3) is 3.75. The lowest BCUT2D eigenvalue weighted by atomic mass is 10.1. The number of nitrogens with one attached hydrogen (secondary N) is 1. The minimum absolute atomic E-state index is 0.0228. The van der Waals surface area contributed by atoms with Gasteiger partial charge in [-0.15, -0.1) is 0 Å². The molecule has 0 aromatic carbocycles. The van der Waals surface area contributed by atoms with E-state index < -0.39 is 0 Å². The molecule has 6 heteroatoms. The Balaban J connectivity index is 1.49. The van der Waals surface area contributed by atoms with E-state index in [0.29, 0.717) is 12.8 Å². The molecule has 0 bridgehead atoms. The zero-order valence-electron chi connectivity index (χ0n) is 13.2. The van der Waals surface area contributed by atoms with E-state index in [1.54, 1.807) is 6.20 Å². The topological polar surface area (TPSA) is 64.7 Å². The number of anilines is 1. The van der Waals surface area contributed by atoms with Crippen molar-refractivity contribution in [2.45, 2.75) is 52.6 Å². The van der Waals surface area contributed by atoms with Crippen molar-refractivity contribution in [1.82, 2.24) is 19.6 Å². The molecule has 22 heavy (non-hydrogen) atoms. The first-order chi connectivity index (χ1) is 10.6. The maximum Gasteiger partial charge on any atom is 0.224 e. The summed E-state index contributed by atoms with van der Waals surface area (Å²) in [5, 5.41) is 11.6. The average molecular weight is 301 g/mol. The fraction of sp³-hybridized carbons (Fsp3) is 0.562. The second-order valence-electron chi connectivity index (χ2n) is 6.04. The van der Waals surface area contributed by atoms with Gasteiger partial charge >= 0.3 is 0 Å². The van der Waals surface area contributed by atoms with Crippen LogP contribution in [0.15, 0.2) is 18.6 Å². The highest BCUT2D eigenvalue weighted by Crippen LogP contribution is 2.30. The first kappa shape index (κ1) is 14.8. The molecular formula is C16H23N5O. The van der Waals surface area contributed by atoms with Gasteiger partial charge in [-0.3, -0.25) is 14.2 Å². The average Bonchev–Trinajstić information content (AvgIpc) is 3.07. The molecule has 118 valence electrons. The number of hydrogen-bond acceptors (Lipinski definition) is 3. The van der Waals surface area contributed by atoms with Crippen LogP contribution in [-0.2, 0) is 24.3 Å². The van der Waals surface area contributed by atoms with Crippen molar-refractivity contribution in [3.63, 3.8) is 0 Å². The summed E-state index contributed by atoms with van der Waals surface area (Å²) < 4.78 is 3.83. The van der Waals surface area contributed by atoms with E-state index in [1.165, 1.54) is 12.8 Å². The van der Waals surface area contributed by atoms with E-state index in [2.05, 4.69) is 22.4 Å². The Bertz CT molecular complexity index is 653. The molecule has 1 saturated carbocycles. The number of nitrogens with zero attached hydrogens (tertiary/aromatic N) is 4. The number of aromatic nitrogens is 4. The highest BCUT2D eigenvalue weighted by molar-refractivity contribution is 5.90. The molecule has 0 atom stereocenters. The SMILES string of the molecule is CCn1cc(CCC(=O)Nc2cnn(CC3CC3)c2)c(C)n1. The van der Waals surface area contributed by atoms with Crippen molar-refractivity contribution in [1.29, 1.82) is 0 Å². The molecular weight excluding hydrogens is 278 g/mol. The number of carbonyl (C=O) groups is 1. The summed E-state index contributed by atoms with van der Waals surface area (Å²) in [4.78, 5) is 12.0. The third-order valence-corrected chi connectivity index (χ3v) is 4.05. The van der Waals surface area contributed by atoms with Crippen LogP contribution < -0.4 is 5.32 Å². The second kappa shape index (κ2) is 6.34. The predicted molar refractivity (Wildman–Crippen MR) is 84.5 cm³/mol. The number of amides is 1. The Labute approximate surface area is 130 Å². The predicted octanol–water partition coefficient (Wildman–Crippen LogP) is 2.39. The van der Waals surface area contributed by atoms with Gasteiger partial charge < -0.3 is 5.32 Å². The minimum Gasteiger partial charge on any atom is -0.323 e. The molecule has 0 unspecified atom stereocenters. The van der Waals surface area contributed by atoms with Gasteiger partial charge in [0.25, 0.3) is 0 Å². The van der Waals surface area contributed by atoms with Crippen molar-refractivity contribution in [2.24, 2.45) is 5.92 Å². The van der Waals surface area contributed by atoms with E-state index in [4.69, 9.17) is 0 Å². The monoisotopic (exact) mass is 301 g/mol. The van der Waals surface area contributed by atoms with Crippen LogP contribution >= 0.6 is 0 Å². The van der Waals surface area contributed by atoms with Crippen molar-refractivity contribution in [2.75, 3.05) is 5.32 Å². The summed E-state index contributed by atoms with van der Waals surface area (Å²) in [6, 6.07) is 0. The van der Waals surface area contributed by atoms with Gasteiger partial charge in [0.2, 0.25) is 5.91 Å². The van der Waals surface area contributed by atoms with Crippen LogP contribution in [-0.4, -0.2) is 25.5 Å². The molecule has 0 spiro atoms. The van der Waals surface area contributed by atoms with Crippen molar-refractivity contribution in [3.8, 4) is 0 Å². The van der Waals surface area contributed by atoms with Crippen LogP contribution in [0.2, 0.25) is 0 Å². The number of carbonyl (C=O) groups excluding carboxylic acids is 1. The third-order valence-electron chi connectivity index (χ3n) is 4.05. The summed E-state index contributed by atoms with van der Waals surface area (Å²) >= 11 is 0. The van der Waals surface area contributed by atoms with Crippen LogP contribution in [0.3, 0.4) is 0 Å². The molecule has 2 heterocycles. The van der Waals surface area contributed by atoms with Crippen LogP contribution in [0.1, 0.15) is 37.4 Å². The van der Waals surface area contributed by atoms with Crippen LogP contribution in [0.25, 0.3) is 0 Å². The van der Waals surface area contributed by atoms with Gasteiger partial charge in [0.05, 0.1) is 17.6 Å². The lowest BCUT2D eigenvalue weighted by Gasteiger charge is -2.02. The molecule has 0 aliphatic heterocycles. The highest BCUT2D eigenvalue weighted by Gasteiger charge is 2.22. The van der Waals surface area contributed by atoms with Gasteiger partial charge in [-0.05, 0) is 44.6 Å². The number of hydrogen-bond donors (Lipinski definition) is 1. The standard InChI is InChI=1S/C16H23N5O/c1-3-20-10-14(12(2)19-20)6-7-16(22)18-15-8-17-21(11-15)9-13-4-5-13/h8,10-11,13H,3-7,9H2,1-2H3,(H,18,22). The summed E-state index contributed by atoms with van der Waals surface area (Å²) in [6.45, 7) is 5.86. The fourth-order valence-corrected chi connectivity index (χ4v) is 2.53. The fourth-order valence-electron chi connectivity index (χ4n) is 2.53. The summed E-state index contributed by atoms with van der Waals surface area (Å²) in [6.07, 6.45) is 9.43. The number of aryl methyl sites for hydroxylation is 3. The smallest absolute Gasteiger partial charge is 0.224 e. The van der Waals surface area contributed by atoms with Gasteiger partial charge in [-0.25, -0.2) is 0 Å². The normalized spacial score (nSPS) is 14.3. The summed E-state index contributed by atoms with van der Waals surface area (Å²) in [5.41, 5.74) is 2.93. The van der Waals surface area contributed by atoms with Gasteiger partial charge in [-0.2, -0.15) is 10.2 Å². The largest absolute Gasteiger partial charge is 0.323 e. The lowest BCUT2D eigenvalue weighted by Crippen LogP contribution is -2.12. The van der Waals surface area contributed by atoms with E-state index in [0.717, 1.165) is 36.0 Å². The molecule has 2 aromatic rings. The van der Waals surface area contributed by atoms with Crippen molar-refractivity contribution in [3.05, 3.63) is 29.8 Å². The quantitative estimate of drug-likeness (QED) is 0.854. The molecule has 0 radical (unpaired) electrons. The van der Waals surface area contributed by atoms with E-state index in [1.807, 2.05) is 28.7 Å². The minimum atomic E-state index is 0.0228. The number of rotatable bonds is 7. The molecule has 1 fully saturated rings. The van der Waals surface area contributed by atoms with Gasteiger partial charge in [0.15, 0.2) is 0 Å². The van der Waals surface area contributed by atoms with Crippen molar-refractivity contribution >= 4 is 11.6 Å². The summed E-state index contributed by atoms with van der Waals surface area (Å²) in [5.74, 6) is 0.802. The zero-order chi connectivity index (χ0) is 15.5. The Hall–Kier alpha value is -2.11. The second-order valence-corrected chi connectivity index (χ2v) is 6.04. The first-order valence-corrected chi connectivity index (χ1v) is 7.99. The maximum absolute atomic E-state index is 12.0. The molecule has 3 rings (SSSR count). The lowest BCUT2D eigenvalue weighted by molar-refractivity contribution is -0.116. The molecule has 2 aromatic heterocycles. The van der Waals surface area contributed by atoms with E-state index in [9.17, 15) is 4.79 Å².